The van der Waals surface area contributed by atoms with Crippen LogP contribution in [0.1, 0.15) is 23.9 Å². The summed E-state index contributed by atoms with van der Waals surface area (Å²) in [7, 11) is 0. The van der Waals surface area contributed by atoms with E-state index < -0.39 is 0 Å². The van der Waals surface area contributed by atoms with Crippen molar-refractivity contribution in [1.29, 1.82) is 0 Å². The Balaban J connectivity index is 1.66. The molecule has 35 heavy (non-hydrogen) atoms. The summed E-state index contributed by atoms with van der Waals surface area (Å²) in [6.07, 6.45) is 10.4. The molecular formula is C29H29N5O. The normalized spacial score (nSPS) is 14.7. The van der Waals surface area contributed by atoms with E-state index in [2.05, 4.69) is 47.9 Å². The molecule has 0 radical (unpaired) electrons. The van der Waals surface area contributed by atoms with Gasteiger partial charge in [0.1, 0.15) is 5.82 Å². The van der Waals surface area contributed by atoms with Crippen molar-refractivity contribution in [2.24, 2.45) is 0 Å². The summed E-state index contributed by atoms with van der Waals surface area (Å²) < 4.78 is 7.56. The molecule has 176 valence electrons. The molecule has 0 unspecified atom stereocenters. The zero-order chi connectivity index (χ0) is 24.0. The topological polar surface area (TPSA) is 55.5 Å². The van der Waals surface area contributed by atoms with Crippen LogP contribution in [0.15, 0.2) is 91.7 Å². The number of fused-ring (bicyclic) bond motifs is 1. The lowest BCUT2D eigenvalue weighted by atomic mass is 10.0. The van der Waals surface area contributed by atoms with Gasteiger partial charge in [0.15, 0.2) is 5.65 Å². The minimum Gasteiger partial charge on any atom is -0.378 e. The zero-order valence-corrected chi connectivity index (χ0v) is 20.0. The van der Waals surface area contributed by atoms with Crippen molar-refractivity contribution in [3.8, 4) is 11.3 Å². The Bertz CT molecular complexity index is 1380. The first kappa shape index (κ1) is 22.7. The van der Waals surface area contributed by atoms with Crippen LogP contribution in [0.25, 0.3) is 22.5 Å². The lowest BCUT2D eigenvalue weighted by Crippen LogP contribution is -2.37. The Kier molecular flexibility index (Phi) is 6.82. The number of hydrogen-bond donors (Lipinski definition) is 0. The molecule has 0 atom stereocenters. The van der Waals surface area contributed by atoms with Crippen LogP contribution >= 0.6 is 0 Å². The highest BCUT2D eigenvalue weighted by Gasteiger charge is 2.20. The van der Waals surface area contributed by atoms with E-state index in [4.69, 9.17) is 19.8 Å². The largest absolute Gasteiger partial charge is 0.378 e. The van der Waals surface area contributed by atoms with E-state index in [1.807, 2.05) is 54.1 Å². The summed E-state index contributed by atoms with van der Waals surface area (Å²) in [6, 6.07) is 18.7. The van der Waals surface area contributed by atoms with Crippen molar-refractivity contribution in [3.05, 3.63) is 109 Å². The quantitative estimate of drug-likeness (QED) is 0.345. The van der Waals surface area contributed by atoms with Gasteiger partial charge in [0, 0.05) is 49.0 Å². The molecule has 0 aliphatic carbocycles. The van der Waals surface area contributed by atoms with Crippen LogP contribution in [-0.4, -0.2) is 45.9 Å². The number of hydrogen-bond acceptors (Lipinski definition) is 5. The Morgan fingerprint density at radius 3 is 2.69 bits per heavy atom. The first-order valence-electron chi connectivity index (χ1n) is 11.9. The predicted octanol–water partition coefficient (Wildman–Crippen LogP) is 5.36. The predicted molar refractivity (Wildman–Crippen MR) is 141 cm³/mol. The van der Waals surface area contributed by atoms with E-state index in [1.54, 1.807) is 6.08 Å². The fourth-order valence-corrected chi connectivity index (χ4v) is 4.39. The Morgan fingerprint density at radius 2 is 1.91 bits per heavy atom. The van der Waals surface area contributed by atoms with Gasteiger partial charge < -0.3 is 9.64 Å². The molecule has 0 bridgehead atoms. The number of anilines is 1. The van der Waals surface area contributed by atoms with E-state index in [0.29, 0.717) is 13.2 Å². The number of pyridine rings is 1. The highest BCUT2D eigenvalue weighted by Crippen LogP contribution is 2.29. The number of allylic oxidation sites excluding steroid dienone is 5. The second kappa shape index (κ2) is 10.5. The molecular weight excluding hydrogens is 434 g/mol. The first-order valence-corrected chi connectivity index (χ1v) is 11.9. The lowest BCUT2D eigenvalue weighted by molar-refractivity contribution is 0.122. The van der Waals surface area contributed by atoms with Crippen molar-refractivity contribution in [2.45, 2.75) is 13.3 Å². The van der Waals surface area contributed by atoms with Gasteiger partial charge >= 0.3 is 0 Å². The molecule has 4 heterocycles. The van der Waals surface area contributed by atoms with E-state index in [-0.39, 0.29) is 0 Å². The fourth-order valence-electron chi connectivity index (χ4n) is 4.39. The van der Waals surface area contributed by atoms with Gasteiger partial charge in [-0.1, -0.05) is 61.2 Å². The Morgan fingerprint density at radius 1 is 1.09 bits per heavy atom. The summed E-state index contributed by atoms with van der Waals surface area (Å²) in [4.78, 5) is 12.1. The number of ether oxygens (including phenoxy) is 1. The number of morpholine rings is 1. The molecule has 1 aliphatic heterocycles. The van der Waals surface area contributed by atoms with Crippen LogP contribution in [0, 0.1) is 0 Å². The average molecular weight is 464 g/mol. The third-order valence-electron chi connectivity index (χ3n) is 6.06. The molecule has 5 rings (SSSR count). The number of benzene rings is 1. The molecule has 6 nitrogen and oxygen atoms in total. The van der Waals surface area contributed by atoms with E-state index in [1.165, 1.54) is 5.56 Å². The zero-order valence-electron chi connectivity index (χ0n) is 20.0. The van der Waals surface area contributed by atoms with E-state index in [0.717, 1.165) is 59.2 Å². The van der Waals surface area contributed by atoms with Crippen LogP contribution in [0.5, 0.6) is 0 Å². The molecule has 1 aliphatic rings. The number of rotatable bonds is 7. The standard InChI is InChI=1S/C29H29N5O/c1-3-9-23(10-4-2)25-20-28-31-27(21-29(34(28)32-25)33-15-17-35-18-16-33)24-13-8-14-30-26(24)19-22-11-6-5-7-12-22/h3-14,20-21H,1,15-19H2,2H3/b10-4-,23-9+. The maximum absolute atomic E-state index is 5.61. The van der Waals surface area contributed by atoms with Crippen LogP contribution in [0.2, 0.25) is 0 Å². The van der Waals surface area contributed by atoms with Gasteiger partial charge in [0.25, 0.3) is 0 Å². The third-order valence-corrected chi connectivity index (χ3v) is 6.06. The van der Waals surface area contributed by atoms with E-state index >= 15 is 0 Å². The third kappa shape index (κ3) is 4.93. The van der Waals surface area contributed by atoms with Crippen LogP contribution in [-0.2, 0) is 11.2 Å². The molecule has 1 saturated heterocycles. The first-order chi connectivity index (χ1) is 17.3. The average Bonchev–Trinajstić information content (AvgIpc) is 3.34. The van der Waals surface area contributed by atoms with Crippen molar-refractivity contribution in [2.75, 3.05) is 31.2 Å². The van der Waals surface area contributed by atoms with E-state index in [9.17, 15) is 0 Å². The monoisotopic (exact) mass is 463 g/mol. The summed E-state index contributed by atoms with van der Waals surface area (Å²) in [5.41, 5.74) is 6.80. The van der Waals surface area contributed by atoms with Crippen molar-refractivity contribution >= 4 is 17.0 Å². The van der Waals surface area contributed by atoms with Gasteiger partial charge in [-0.15, -0.1) is 0 Å². The minimum absolute atomic E-state index is 0.694. The maximum atomic E-state index is 5.61. The summed E-state index contributed by atoms with van der Waals surface area (Å²) in [5, 5.41) is 4.94. The molecule has 4 aromatic rings. The van der Waals surface area contributed by atoms with Crippen molar-refractivity contribution in [1.82, 2.24) is 19.6 Å². The molecule has 1 fully saturated rings. The highest BCUT2D eigenvalue weighted by molar-refractivity contribution is 5.76. The SMILES string of the molecule is C=C/C=C(\C=C/C)c1cc2nc(-c3cccnc3Cc3ccccc3)cc(N3CCOCC3)n2n1. The Hall–Kier alpha value is -4.03. The molecule has 0 spiro atoms. The second-order valence-electron chi connectivity index (χ2n) is 8.42. The number of nitrogens with zero attached hydrogens (tertiary/aromatic N) is 5. The molecule has 0 amide bonds. The molecule has 6 heteroatoms. The molecule has 1 aromatic carbocycles. The van der Waals surface area contributed by atoms with Crippen molar-refractivity contribution in [3.63, 3.8) is 0 Å². The number of aromatic nitrogens is 4. The van der Waals surface area contributed by atoms with Gasteiger partial charge in [0.2, 0.25) is 0 Å². The van der Waals surface area contributed by atoms with Gasteiger partial charge in [-0.3, -0.25) is 4.98 Å². The molecule has 0 saturated carbocycles. The maximum Gasteiger partial charge on any atom is 0.158 e. The molecule has 0 N–H and O–H groups in total. The summed E-state index contributed by atoms with van der Waals surface area (Å²) in [5.74, 6) is 1.01. The van der Waals surface area contributed by atoms with Crippen LogP contribution in [0.4, 0.5) is 5.82 Å². The second-order valence-corrected chi connectivity index (χ2v) is 8.42. The van der Waals surface area contributed by atoms with Gasteiger partial charge in [-0.25, -0.2) is 4.98 Å². The smallest absolute Gasteiger partial charge is 0.158 e. The minimum atomic E-state index is 0.694. The lowest BCUT2D eigenvalue weighted by Gasteiger charge is -2.29. The highest BCUT2D eigenvalue weighted by atomic mass is 16.5. The van der Waals surface area contributed by atoms with Gasteiger partial charge in [-0.05, 0) is 24.6 Å². The fraction of sp³-hybridized carbons (Fsp3) is 0.207. The summed E-state index contributed by atoms with van der Waals surface area (Å²) >= 11 is 0. The van der Waals surface area contributed by atoms with Crippen LogP contribution in [0.3, 0.4) is 0 Å². The van der Waals surface area contributed by atoms with Crippen LogP contribution < -0.4 is 4.90 Å². The summed E-state index contributed by atoms with van der Waals surface area (Å²) in [6.45, 7) is 8.86. The Labute approximate surface area is 205 Å². The van der Waals surface area contributed by atoms with Gasteiger partial charge in [0.05, 0.1) is 30.3 Å². The molecule has 3 aromatic heterocycles. The van der Waals surface area contributed by atoms with Crippen molar-refractivity contribution < 1.29 is 4.74 Å². The van der Waals surface area contributed by atoms with Gasteiger partial charge in [-0.2, -0.15) is 9.61 Å².